The molecule has 1 rings (SSSR count). The van der Waals surface area contributed by atoms with Crippen LogP contribution in [0.5, 0.6) is 0 Å². The molecule has 4 heteroatoms. The SMILES string of the molecule is N=C(N)CCCCN(CCO)C1CC1. The molecular weight excluding hydrogens is 178 g/mol. The van der Waals surface area contributed by atoms with E-state index >= 15 is 0 Å². The molecule has 14 heavy (non-hydrogen) atoms. The average molecular weight is 199 g/mol. The Kier molecular flexibility index (Phi) is 4.90. The summed E-state index contributed by atoms with van der Waals surface area (Å²) in [5.74, 6) is 0.283. The zero-order valence-electron chi connectivity index (χ0n) is 8.71. The van der Waals surface area contributed by atoms with Gasteiger partial charge in [-0.25, -0.2) is 0 Å². The largest absolute Gasteiger partial charge is 0.395 e. The van der Waals surface area contributed by atoms with Crippen molar-refractivity contribution in [3.63, 3.8) is 0 Å². The highest BCUT2D eigenvalue weighted by atomic mass is 16.3. The Hall–Kier alpha value is -0.610. The van der Waals surface area contributed by atoms with Crippen LogP contribution in [0.4, 0.5) is 0 Å². The Bertz CT molecular complexity index is 180. The average Bonchev–Trinajstić information content (AvgIpc) is 2.93. The van der Waals surface area contributed by atoms with E-state index in [2.05, 4.69) is 4.90 Å². The fourth-order valence-electron chi connectivity index (χ4n) is 1.68. The molecule has 0 atom stereocenters. The van der Waals surface area contributed by atoms with Crippen molar-refractivity contribution in [2.45, 2.75) is 38.1 Å². The molecule has 1 aliphatic carbocycles. The zero-order valence-corrected chi connectivity index (χ0v) is 8.71. The van der Waals surface area contributed by atoms with Gasteiger partial charge in [0.05, 0.1) is 12.4 Å². The third kappa shape index (κ3) is 4.58. The van der Waals surface area contributed by atoms with Crippen molar-refractivity contribution in [2.75, 3.05) is 19.7 Å². The zero-order chi connectivity index (χ0) is 10.4. The number of aliphatic hydroxyl groups excluding tert-OH is 1. The summed E-state index contributed by atoms with van der Waals surface area (Å²) < 4.78 is 0. The van der Waals surface area contributed by atoms with Crippen LogP contribution in [0.3, 0.4) is 0 Å². The Balaban J connectivity index is 2.04. The number of nitrogens with one attached hydrogen (secondary N) is 1. The second kappa shape index (κ2) is 5.98. The highest BCUT2D eigenvalue weighted by Crippen LogP contribution is 2.26. The molecule has 0 unspecified atom stereocenters. The van der Waals surface area contributed by atoms with E-state index in [0.717, 1.165) is 32.0 Å². The van der Waals surface area contributed by atoms with Gasteiger partial charge in [0.2, 0.25) is 0 Å². The number of amidine groups is 1. The number of nitrogens with two attached hydrogens (primary N) is 1. The van der Waals surface area contributed by atoms with Crippen molar-refractivity contribution in [3.8, 4) is 0 Å². The Labute approximate surface area is 85.6 Å². The van der Waals surface area contributed by atoms with Crippen LogP contribution >= 0.6 is 0 Å². The van der Waals surface area contributed by atoms with Gasteiger partial charge in [-0.15, -0.1) is 0 Å². The molecule has 4 N–H and O–H groups in total. The molecule has 4 nitrogen and oxygen atoms in total. The van der Waals surface area contributed by atoms with Gasteiger partial charge in [0, 0.05) is 19.0 Å². The maximum Gasteiger partial charge on any atom is 0.0905 e. The van der Waals surface area contributed by atoms with Crippen LogP contribution in [0.25, 0.3) is 0 Å². The fraction of sp³-hybridized carbons (Fsp3) is 0.900. The van der Waals surface area contributed by atoms with Crippen LogP contribution in [0.15, 0.2) is 0 Å². The lowest BCUT2D eigenvalue weighted by Crippen LogP contribution is -2.30. The quantitative estimate of drug-likeness (QED) is 0.303. The van der Waals surface area contributed by atoms with E-state index in [0.29, 0.717) is 6.42 Å². The smallest absolute Gasteiger partial charge is 0.0905 e. The lowest BCUT2D eigenvalue weighted by atomic mass is 10.2. The summed E-state index contributed by atoms with van der Waals surface area (Å²) in [5.41, 5.74) is 5.27. The van der Waals surface area contributed by atoms with Gasteiger partial charge < -0.3 is 10.8 Å². The van der Waals surface area contributed by atoms with Gasteiger partial charge >= 0.3 is 0 Å². The Morgan fingerprint density at radius 1 is 1.36 bits per heavy atom. The molecule has 0 bridgehead atoms. The number of unbranched alkanes of at least 4 members (excludes halogenated alkanes) is 1. The third-order valence-corrected chi connectivity index (χ3v) is 2.59. The first-order valence-electron chi connectivity index (χ1n) is 5.42. The molecule has 1 fully saturated rings. The summed E-state index contributed by atoms with van der Waals surface area (Å²) in [5, 5.41) is 15.9. The van der Waals surface area contributed by atoms with E-state index in [1.54, 1.807) is 0 Å². The molecular formula is C10H21N3O. The first kappa shape index (κ1) is 11.5. The lowest BCUT2D eigenvalue weighted by molar-refractivity contribution is 0.187. The predicted octanol–water partition coefficient (Wildman–Crippen LogP) is 0.549. The number of aliphatic hydroxyl groups is 1. The predicted molar refractivity (Wildman–Crippen MR) is 57.4 cm³/mol. The molecule has 0 saturated heterocycles. The summed E-state index contributed by atoms with van der Waals surface area (Å²) in [6, 6.07) is 0.722. The van der Waals surface area contributed by atoms with Crippen molar-refractivity contribution in [3.05, 3.63) is 0 Å². The van der Waals surface area contributed by atoms with Crippen LogP contribution in [-0.2, 0) is 0 Å². The molecule has 0 spiro atoms. The minimum absolute atomic E-state index is 0.253. The normalized spacial score (nSPS) is 16.1. The second-order valence-corrected chi connectivity index (χ2v) is 3.97. The first-order valence-corrected chi connectivity index (χ1v) is 5.42. The molecule has 82 valence electrons. The monoisotopic (exact) mass is 199 g/mol. The van der Waals surface area contributed by atoms with Crippen LogP contribution in [0, 0.1) is 5.41 Å². The van der Waals surface area contributed by atoms with Crippen LogP contribution in [-0.4, -0.2) is 41.6 Å². The second-order valence-electron chi connectivity index (χ2n) is 3.97. The number of nitrogens with zero attached hydrogens (tertiary/aromatic N) is 1. The molecule has 0 aromatic heterocycles. The number of hydrogen-bond donors (Lipinski definition) is 3. The van der Waals surface area contributed by atoms with Gasteiger partial charge in [-0.1, -0.05) is 0 Å². The van der Waals surface area contributed by atoms with Gasteiger partial charge in [-0.3, -0.25) is 10.3 Å². The van der Waals surface area contributed by atoms with Gasteiger partial charge in [0.15, 0.2) is 0 Å². The Morgan fingerprint density at radius 3 is 2.57 bits per heavy atom. The molecule has 0 aromatic rings. The van der Waals surface area contributed by atoms with Gasteiger partial charge in [0.1, 0.15) is 0 Å². The maximum atomic E-state index is 8.86. The van der Waals surface area contributed by atoms with Gasteiger partial charge in [0.25, 0.3) is 0 Å². The summed E-state index contributed by atoms with van der Waals surface area (Å²) in [6.45, 7) is 2.09. The molecule has 0 radical (unpaired) electrons. The van der Waals surface area contributed by atoms with Crippen molar-refractivity contribution in [1.82, 2.24) is 4.90 Å². The minimum Gasteiger partial charge on any atom is -0.395 e. The third-order valence-electron chi connectivity index (χ3n) is 2.59. The summed E-state index contributed by atoms with van der Waals surface area (Å²) >= 11 is 0. The number of hydrogen-bond acceptors (Lipinski definition) is 3. The van der Waals surface area contributed by atoms with Crippen LogP contribution in [0.1, 0.15) is 32.1 Å². The van der Waals surface area contributed by atoms with Crippen molar-refractivity contribution < 1.29 is 5.11 Å². The molecule has 0 aliphatic heterocycles. The summed E-state index contributed by atoms with van der Waals surface area (Å²) in [4.78, 5) is 2.35. The lowest BCUT2D eigenvalue weighted by Gasteiger charge is -2.20. The molecule has 0 amide bonds. The molecule has 1 aliphatic rings. The van der Waals surface area contributed by atoms with Crippen molar-refractivity contribution in [1.29, 1.82) is 5.41 Å². The highest BCUT2D eigenvalue weighted by Gasteiger charge is 2.27. The fourth-order valence-corrected chi connectivity index (χ4v) is 1.68. The summed E-state index contributed by atoms with van der Waals surface area (Å²) in [6.07, 6.45) is 5.34. The molecule has 0 aromatic carbocycles. The van der Waals surface area contributed by atoms with Gasteiger partial charge in [-0.2, -0.15) is 0 Å². The van der Waals surface area contributed by atoms with Gasteiger partial charge in [-0.05, 0) is 32.2 Å². The summed E-state index contributed by atoms with van der Waals surface area (Å²) in [7, 11) is 0. The molecule has 1 saturated carbocycles. The minimum atomic E-state index is 0.253. The van der Waals surface area contributed by atoms with Crippen LogP contribution in [0.2, 0.25) is 0 Å². The molecule has 0 heterocycles. The highest BCUT2D eigenvalue weighted by molar-refractivity contribution is 5.76. The van der Waals surface area contributed by atoms with Crippen LogP contribution < -0.4 is 5.73 Å². The number of rotatable bonds is 8. The van der Waals surface area contributed by atoms with Crippen molar-refractivity contribution in [2.24, 2.45) is 5.73 Å². The van der Waals surface area contributed by atoms with E-state index in [-0.39, 0.29) is 12.4 Å². The maximum absolute atomic E-state index is 8.86. The van der Waals surface area contributed by atoms with E-state index in [1.807, 2.05) is 0 Å². The van der Waals surface area contributed by atoms with E-state index in [9.17, 15) is 0 Å². The van der Waals surface area contributed by atoms with Crippen molar-refractivity contribution >= 4 is 5.84 Å². The standard InChI is InChI=1S/C10H21N3O/c11-10(12)3-1-2-6-13(7-8-14)9-4-5-9/h9,14H,1-8H2,(H3,11,12). The Morgan fingerprint density at radius 2 is 2.07 bits per heavy atom. The topological polar surface area (TPSA) is 73.3 Å². The van der Waals surface area contributed by atoms with E-state index < -0.39 is 0 Å². The van der Waals surface area contributed by atoms with E-state index in [4.69, 9.17) is 16.2 Å². The van der Waals surface area contributed by atoms with E-state index in [1.165, 1.54) is 12.8 Å². The first-order chi connectivity index (χ1) is 6.74.